The molecule has 2 aromatic carbocycles. The van der Waals surface area contributed by atoms with Gasteiger partial charge in [0.25, 0.3) is 0 Å². The molecule has 1 unspecified atom stereocenters. The molecule has 3 rings (SSSR count). The zero-order chi connectivity index (χ0) is 22.5. The Bertz CT molecular complexity index is 1010. The molecule has 0 bridgehead atoms. The summed E-state index contributed by atoms with van der Waals surface area (Å²) in [7, 11) is 0. The van der Waals surface area contributed by atoms with E-state index in [2.05, 4.69) is 10.6 Å². The highest BCUT2D eigenvalue weighted by atomic mass is 16.5. The van der Waals surface area contributed by atoms with Crippen LogP contribution in [0.4, 0.5) is 11.4 Å². The van der Waals surface area contributed by atoms with Crippen molar-refractivity contribution in [2.45, 2.75) is 47.1 Å². The molecule has 1 aliphatic rings. The van der Waals surface area contributed by atoms with Crippen LogP contribution in [-0.4, -0.2) is 24.5 Å². The first-order chi connectivity index (χ1) is 14.8. The van der Waals surface area contributed by atoms with E-state index in [4.69, 9.17) is 9.47 Å². The highest BCUT2D eigenvalue weighted by Crippen LogP contribution is 2.35. The van der Waals surface area contributed by atoms with E-state index >= 15 is 0 Å². The molecule has 2 amide bonds. The Morgan fingerprint density at radius 2 is 2.00 bits per heavy atom. The molecule has 2 N–H and O–H groups in total. The van der Waals surface area contributed by atoms with E-state index in [0.717, 1.165) is 34.6 Å². The second kappa shape index (κ2) is 9.69. The number of aryl methyl sites for hydroxylation is 1. The number of benzene rings is 2. The van der Waals surface area contributed by atoms with Gasteiger partial charge in [-0.15, -0.1) is 0 Å². The molecule has 6 heteroatoms. The average molecular weight is 423 g/mol. The van der Waals surface area contributed by atoms with Gasteiger partial charge in [0.15, 0.2) is 0 Å². The van der Waals surface area contributed by atoms with Crippen molar-refractivity contribution in [2.75, 3.05) is 17.2 Å². The van der Waals surface area contributed by atoms with Crippen molar-refractivity contribution in [1.82, 2.24) is 0 Å². The molecular formula is C25H30N2O4. The van der Waals surface area contributed by atoms with E-state index in [1.54, 1.807) is 12.1 Å². The number of hydrogen-bond donors (Lipinski definition) is 2. The van der Waals surface area contributed by atoms with E-state index in [0.29, 0.717) is 18.0 Å². The lowest BCUT2D eigenvalue weighted by Crippen LogP contribution is -2.18. The second-order valence-corrected chi connectivity index (χ2v) is 8.06. The van der Waals surface area contributed by atoms with Crippen LogP contribution in [-0.2, 0) is 16.0 Å². The van der Waals surface area contributed by atoms with Gasteiger partial charge in [-0.05, 0) is 56.7 Å². The van der Waals surface area contributed by atoms with Crippen LogP contribution in [0.15, 0.2) is 36.4 Å². The van der Waals surface area contributed by atoms with Crippen molar-refractivity contribution < 1.29 is 19.1 Å². The summed E-state index contributed by atoms with van der Waals surface area (Å²) in [5.74, 6) is 1.10. The number of fused-ring (bicyclic) bond motifs is 1. The predicted molar refractivity (Wildman–Crippen MR) is 124 cm³/mol. The highest BCUT2D eigenvalue weighted by molar-refractivity contribution is 6.03. The predicted octanol–water partition coefficient (Wildman–Crippen LogP) is 4.96. The van der Waals surface area contributed by atoms with E-state index < -0.39 is 0 Å². The van der Waals surface area contributed by atoms with Gasteiger partial charge < -0.3 is 20.1 Å². The van der Waals surface area contributed by atoms with E-state index in [1.807, 2.05) is 58.9 Å². The van der Waals surface area contributed by atoms with Crippen molar-refractivity contribution in [3.05, 3.63) is 53.1 Å². The van der Waals surface area contributed by atoms with Crippen LogP contribution in [0.5, 0.6) is 11.5 Å². The molecule has 0 aliphatic carbocycles. The van der Waals surface area contributed by atoms with Crippen LogP contribution in [0, 0.1) is 12.8 Å². The Balaban J connectivity index is 1.75. The number of nitrogens with one attached hydrogen (secondary N) is 2. The van der Waals surface area contributed by atoms with Crippen molar-refractivity contribution in [2.24, 2.45) is 5.92 Å². The van der Waals surface area contributed by atoms with Gasteiger partial charge in [-0.2, -0.15) is 0 Å². The Morgan fingerprint density at radius 1 is 1.23 bits per heavy atom. The summed E-state index contributed by atoms with van der Waals surface area (Å²) in [6.45, 7) is 10.1. The lowest BCUT2D eigenvalue weighted by molar-refractivity contribution is -0.119. The minimum Gasteiger partial charge on any atom is -0.493 e. The van der Waals surface area contributed by atoms with Crippen molar-refractivity contribution >= 4 is 29.3 Å². The van der Waals surface area contributed by atoms with Gasteiger partial charge in [-0.3, -0.25) is 9.59 Å². The van der Waals surface area contributed by atoms with Gasteiger partial charge in [0.05, 0.1) is 6.61 Å². The number of rotatable bonds is 7. The number of amides is 2. The van der Waals surface area contributed by atoms with Gasteiger partial charge in [0, 0.05) is 40.9 Å². The number of carbonyl (C=O) groups excluding carboxylic acids is 2. The van der Waals surface area contributed by atoms with E-state index in [-0.39, 0.29) is 23.8 Å². The van der Waals surface area contributed by atoms with E-state index in [9.17, 15) is 9.59 Å². The number of carbonyl (C=O) groups is 2. The topological polar surface area (TPSA) is 76.7 Å². The first-order valence-corrected chi connectivity index (χ1v) is 10.6. The van der Waals surface area contributed by atoms with Crippen LogP contribution in [0.1, 0.15) is 44.4 Å². The van der Waals surface area contributed by atoms with Gasteiger partial charge in [-0.25, -0.2) is 0 Å². The fourth-order valence-corrected chi connectivity index (χ4v) is 3.33. The lowest BCUT2D eigenvalue weighted by atomic mass is 10.1. The zero-order valence-corrected chi connectivity index (χ0v) is 18.7. The third-order valence-electron chi connectivity index (χ3n) is 5.03. The normalized spacial score (nSPS) is 15.0. The monoisotopic (exact) mass is 422 g/mol. The molecule has 31 heavy (non-hydrogen) atoms. The standard InChI is InChI=1S/C25H30N2O4/c1-6-30-22-13-19-11-17(5)31-23(19)12-18(22)8-10-24(28)27-21-14-20(9-7-16(21)4)26-25(29)15(2)3/h7-10,12-15,17H,6,11H2,1-5H3,(H,26,29)(H,27,28)/b10-8+. The molecule has 1 atom stereocenters. The molecule has 0 saturated heterocycles. The summed E-state index contributed by atoms with van der Waals surface area (Å²) in [6.07, 6.45) is 4.19. The SMILES string of the molecule is CCOc1cc2c(cc1/C=C/C(=O)Nc1cc(NC(=O)C(C)C)ccc1C)OC(C)C2. The van der Waals surface area contributed by atoms with Crippen molar-refractivity contribution in [3.63, 3.8) is 0 Å². The van der Waals surface area contributed by atoms with Crippen LogP contribution in [0.3, 0.4) is 0 Å². The molecular weight excluding hydrogens is 392 g/mol. The summed E-state index contributed by atoms with van der Waals surface area (Å²) in [6, 6.07) is 9.35. The smallest absolute Gasteiger partial charge is 0.248 e. The van der Waals surface area contributed by atoms with Crippen LogP contribution >= 0.6 is 0 Å². The number of anilines is 2. The first-order valence-electron chi connectivity index (χ1n) is 10.6. The van der Waals surface area contributed by atoms with Crippen molar-refractivity contribution in [3.8, 4) is 11.5 Å². The van der Waals surface area contributed by atoms with Crippen LogP contribution in [0.25, 0.3) is 6.08 Å². The number of hydrogen-bond acceptors (Lipinski definition) is 4. The maximum Gasteiger partial charge on any atom is 0.248 e. The Morgan fingerprint density at radius 3 is 2.71 bits per heavy atom. The summed E-state index contributed by atoms with van der Waals surface area (Å²) >= 11 is 0. The number of ether oxygens (including phenoxy) is 2. The third kappa shape index (κ3) is 5.66. The highest BCUT2D eigenvalue weighted by Gasteiger charge is 2.21. The molecule has 0 radical (unpaired) electrons. The molecule has 0 aromatic heterocycles. The van der Waals surface area contributed by atoms with Gasteiger partial charge >= 0.3 is 0 Å². The van der Waals surface area contributed by atoms with Crippen molar-refractivity contribution in [1.29, 1.82) is 0 Å². The third-order valence-corrected chi connectivity index (χ3v) is 5.03. The van der Waals surface area contributed by atoms with Gasteiger partial charge in [-0.1, -0.05) is 19.9 Å². The molecule has 164 valence electrons. The molecule has 1 aliphatic heterocycles. The quantitative estimate of drug-likeness (QED) is 0.618. The van der Waals surface area contributed by atoms with Gasteiger partial charge in [0.2, 0.25) is 11.8 Å². The minimum atomic E-state index is -0.271. The Labute approximate surface area is 183 Å². The lowest BCUT2D eigenvalue weighted by Gasteiger charge is -2.12. The molecule has 1 heterocycles. The maximum absolute atomic E-state index is 12.6. The summed E-state index contributed by atoms with van der Waals surface area (Å²) in [5.41, 5.74) is 4.10. The summed E-state index contributed by atoms with van der Waals surface area (Å²) < 4.78 is 11.6. The molecule has 2 aromatic rings. The molecule has 0 saturated carbocycles. The van der Waals surface area contributed by atoms with Gasteiger partial charge in [0.1, 0.15) is 17.6 Å². The minimum absolute atomic E-state index is 0.0716. The second-order valence-electron chi connectivity index (χ2n) is 8.06. The Kier molecular flexibility index (Phi) is 7.00. The summed E-state index contributed by atoms with van der Waals surface area (Å²) in [5, 5.41) is 5.74. The fourth-order valence-electron chi connectivity index (χ4n) is 3.33. The molecule has 0 spiro atoms. The largest absolute Gasteiger partial charge is 0.493 e. The fraction of sp³-hybridized carbons (Fsp3) is 0.360. The molecule has 0 fully saturated rings. The zero-order valence-electron chi connectivity index (χ0n) is 18.7. The first kappa shape index (κ1) is 22.4. The average Bonchev–Trinajstić information content (AvgIpc) is 3.07. The van der Waals surface area contributed by atoms with E-state index in [1.165, 1.54) is 6.08 Å². The molecule has 6 nitrogen and oxygen atoms in total. The van der Waals surface area contributed by atoms with Crippen LogP contribution in [0.2, 0.25) is 0 Å². The Hall–Kier alpha value is -3.28. The van der Waals surface area contributed by atoms with Crippen LogP contribution < -0.4 is 20.1 Å². The summed E-state index contributed by atoms with van der Waals surface area (Å²) in [4.78, 5) is 24.5. The maximum atomic E-state index is 12.6.